The molecule has 0 saturated carbocycles. The first-order valence-electron chi connectivity index (χ1n) is 6.77. The van der Waals surface area contributed by atoms with Gasteiger partial charge in [0.1, 0.15) is 6.04 Å². The molecule has 1 aliphatic rings. The summed E-state index contributed by atoms with van der Waals surface area (Å²) in [6.07, 6.45) is 2.22. The number of carbonyl (C=O) groups is 1. The zero-order valence-electron chi connectivity index (χ0n) is 11.4. The summed E-state index contributed by atoms with van der Waals surface area (Å²) in [7, 11) is 0. The van der Waals surface area contributed by atoms with E-state index in [0.29, 0.717) is 24.5 Å². The van der Waals surface area contributed by atoms with E-state index in [1.807, 2.05) is 41.3 Å². The molecule has 1 atom stereocenters. The topological polar surface area (TPSA) is 53.4 Å². The van der Waals surface area contributed by atoms with Crippen LogP contribution >= 0.6 is 11.6 Å². The van der Waals surface area contributed by atoms with Gasteiger partial charge in [-0.2, -0.15) is 0 Å². The van der Waals surface area contributed by atoms with Crippen molar-refractivity contribution in [3.05, 3.63) is 64.4 Å². The molecule has 0 aliphatic carbocycles. The number of halogens is 1. The van der Waals surface area contributed by atoms with Crippen molar-refractivity contribution in [2.45, 2.75) is 25.6 Å². The number of pyridine rings is 1. The third kappa shape index (κ3) is 3.06. The van der Waals surface area contributed by atoms with Gasteiger partial charge in [0, 0.05) is 24.3 Å². The highest BCUT2D eigenvalue weighted by atomic mass is 35.5. The lowest BCUT2D eigenvalue weighted by atomic mass is 9.94. The Hall–Kier alpha value is -1.91. The highest BCUT2D eigenvalue weighted by molar-refractivity contribution is 6.30. The van der Waals surface area contributed by atoms with Gasteiger partial charge in [-0.15, -0.1) is 0 Å². The molecule has 1 unspecified atom stereocenters. The Morgan fingerprint density at radius 2 is 2.19 bits per heavy atom. The van der Waals surface area contributed by atoms with Crippen molar-refractivity contribution in [2.75, 3.05) is 0 Å². The third-order valence-corrected chi connectivity index (χ3v) is 4.01. The number of nitrogens with zero attached hydrogens (tertiary/aromatic N) is 2. The molecule has 3 rings (SSSR count). The zero-order valence-corrected chi connectivity index (χ0v) is 12.1. The van der Waals surface area contributed by atoms with E-state index in [0.717, 1.165) is 16.8 Å². The van der Waals surface area contributed by atoms with E-state index in [2.05, 4.69) is 4.98 Å². The van der Waals surface area contributed by atoms with E-state index >= 15 is 0 Å². The van der Waals surface area contributed by atoms with Crippen LogP contribution in [0.1, 0.15) is 16.8 Å². The molecule has 0 fully saturated rings. The molecule has 0 bridgehead atoms. The zero-order chi connectivity index (χ0) is 14.8. The molecule has 1 N–H and O–H groups in total. The van der Waals surface area contributed by atoms with Crippen LogP contribution in [-0.4, -0.2) is 27.0 Å². The van der Waals surface area contributed by atoms with Crippen LogP contribution in [0, 0.1) is 0 Å². The van der Waals surface area contributed by atoms with Gasteiger partial charge in [-0.3, -0.25) is 14.7 Å². The first-order chi connectivity index (χ1) is 10.1. The average molecular weight is 303 g/mol. The Morgan fingerprint density at radius 3 is 2.90 bits per heavy atom. The third-order valence-electron chi connectivity index (χ3n) is 3.77. The van der Waals surface area contributed by atoms with Crippen molar-refractivity contribution in [1.29, 1.82) is 0 Å². The summed E-state index contributed by atoms with van der Waals surface area (Å²) in [5.41, 5.74) is 3.02. The van der Waals surface area contributed by atoms with Crippen molar-refractivity contribution in [3.63, 3.8) is 0 Å². The lowest BCUT2D eigenvalue weighted by Gasteiger charge is -2.34. The largest absolute Gasteiger partial charge is 0.480 e. The van der Waals surface area contributed by atoms with E-state index in [4.69, 9.17) is 11.6 Å². The molecule has 1 aromatic carbocycles. The van der Waals surface area contributed by atoms with E-state index in [1.54, 1.807) is 6.20 Å². The molecule has 2 heterocycles. The van der Waals surface area contributed by atoms with Gasteiger partial charge < -0.3 is 5.11 Å². The van der Waals surface area contributed by atoms with Gasteiger partial charge >= 0.3 is 5.97 Å². The summed E-state index contributed by atoms with van der Waals surface area (Å²) in [5.74, 6) is -0.800. The summed E-state index contributed by atoms with van der Waals surface area (Å²) in [5, 5.41) is 10.2. The number of hydrogen-bond donors (Lipinski definition) is 1. The van der Waals surface area contributed by atoms with Gasteiger partial charge in [-0.05, 0) is 41.8 Å². The Morgan fingerprint density at radius 1 is 1.33 bits per heavy atom. The molecule has 1 aromatic heterocycles. The maximum atomic E-state index is 11.5. The van der Waals surface area contributed by atoms with E-state index in [9.17, 15) is 9.90 Å². The van der Waals surface area contributed by atoms with Crippen molar-refractivity contribution in [2.24, 2.45) is 0 Å². The van der Waals surface area contributed by atoms with Crippen LogP contribution in [0.5, 0.6) is 0 Å². The molecule has 5 heteroatoms. The number of benzene rings is 1. The summed E-state index contributed by atoms with van der Waals surface area (Å²) >= 11 is 6.04. The number of aliphatic carboxylic acids is 1. The maximum absolute atomic E-state index is 11.5. The van der Waals surface area contributed by atoms with Gasteiger partial charge in [-0.25, -0.2) is 0 Å². The van der Waals surface area contributed by atoms with Gasteiger partial charge in [0.05, 0.1) is 5.69 Å². The van der Waals surface area contributed by atoms with E-state index in [-0.39, 0.29) is 0 Å². The summed E-state index contributed by atoms with van der Waals surface area (Å²) in [4.78, 5) is 17.8. The molecular weight excluding hydrogens is 288 g/mol. The second-order valence-corrected chi connectivity index (χ2v) is 5.63. The Labute approximate surface area is 128 Å². The highest BCUT2D eigenvalue weighted by Crippen LogP contribution is 2.27. The average Bonchev–Trinajstić information content (AvgIpc) is 2.47. The molecule has 0 spiro atoms. The first-order valence-corrected chi connectivity index (χ1v) is 7.15. The SMILES string of the molecule is O=C(O)C1Cc2ccc(Cl)cc2CN1Cc1ccccn1. The number of rotatable bonds is 3. The van der Waals surface area contributed by atoms with Crippen molar-refractivity contribution >= 4 is 17.6 Å². The molecule has 108 valence electrons. The number of carboxylic acids is 1. The molecule has 4 nitrogen and oxygen atoms in total. The standard InChI is InChI=1S/C16H15ClN2O2/c17-13-5-4-11-8-15(16(20)21)19(9-12(11)7-13)10-14-3-1-2-6-18-14/h1-7,15H,8-10H2,(H,20,21). The lowest BCUT2D eigenvalue weighted by Crippen LogP contribution is -2.45. The number of hydrogen-bond acceptors (Lipinski definition) is 3. The summed E-state index contributed by atoms with van der Waals surface area (Å²) in [6, 6.07) is 10.8. The quantitative estimate of drug-likeness (QED) is 0.947. The van der Waals surface area contributed by atoms with Gasteiger partial charge in [0.2, 0.25) is 0 Å². The fourth-order valence-electron chi connectivity index (χ4n) is 2.72. The molecular formula is C16H15ClN2O2. The monoisotopic (exact) mass is 302 g/mol. The minimum Gasteiger partial charge on any atom is -0.480 e. The second kappa shape index (κ2) is 5.84. The van der Waals surface area contributed by atoms with Crippen molar-refractivity contribution in [1.82, 2.24) is 9.88 Å². The number of fused-ring (bicyclic) bond motifs is 1. The molecule has 1 aliphatic heterocycles. The fraction of sp³-hybridized carbons (Fsp3) is 0.250. The highest BCUT2D eigenvalue weighted by Gasteiger charge is 2.31. The van der Waals surface area contributed by atoms with Crippen molar-refractivity contribution < 1.29 is 9.90 Å². The van der Waals surface area contributed by atoms with Crippen LogP contribution < -0.4 is 0 Å². The van der Waals surface area contributed by atoms with Crippen LogP contribution in [0.4, 0.5) is 0 Å². The normalized spacial score (nSPS) is 18.2. The van der Waals surface area contributed by atoms with Crippen LogP contribution in [0.25, 0.3) is 0 Å². The van der Waals surface area contributed by atoms with Gasteiger partial charge in [0.25, 0.3) is 0 Å². The van der Waals surface area contributed by atoms with Crippen LogP contribution in [0.15, 0.2) is 42.6 Å². The molecule has 2 aromatic rings. The molecule has 0 amide bonds. The van der Waals surface area contributed by atoms with Gasteiger partial charge in [0.15, 0.2) is 0 Å². The smallest absolute Gasteiger partial charge is 0.321 e. The predicted molar refractivity (Wildman–Crippen MR) is 80.1 cm³/mol. The molecule has 0 radical (unpaired) electrons. The summed E-state index contributed by atoms with van der Waals surface area (Å²) < 4.78 is 0. The minimum atomic E-state index is -0.800. The van der Waals surface area contributed by atoms with E-state index < -0.39 is 12.0 Å². The van der Waals surface area contributed by atoms with Crippen molar-refractivity contribution in [3.8, 4) is 0 Å². The molecule has 0 saturated heterocycles. The second-order valence-electron chi connectivity index (χ2n) is 5.20. The van der Waals surface area contributed by atoms with Crippen LogP contribution in [0.3, 0.4) is 0 Å². The van der Waals surface area contributed by atoms with Crippen LogP contribution in [-0.2, 0) is 24.3 Å². The fourth-order valence-corrected chi connectivity index (χ4v) is 2.91. The lowest BCUT2D eigenvalue weighted by molar-refractivity contribution is -0.144. The molecule has 21 heavy (non-hydrogen) atoms. The maximum Gasteiger partial charge on any atom is 0.321 e. The van der Waals surface area contributed by atoms with Gasteiger partial charge in [-0.1, -0.05) is 23.7 Å². The van der Waals surface area contributed by atoms with E-state index in [1.165, 1.54) is 0 Å². The minimum absolute atomic E-state index is 0.495. The predicted octanol–water partition coefficient (Wildman–Crippen LogP) is 2.75. The Balaban J connectivity index is 1.89. The Kier molecular flexibility index (Phi) is 3.90. The Bertz CT molecular complexity index is 661. The first kappa shape index (κ1) is 14.0. The van der Waals surface area contributed by atoms with Crippen LogP contribution in [0.2, 0.25) is 5.02 Å². The number of aromatic nitrogens is 1. The summed E-state index contributed by atoms with van der Waals surface area (Å²) in [6.45, 7) is 1.09. The number of carboxylic acid groups (broad SMARTS) is 1.